The summed E-state index contributed by atoms with van der Waals surface area (Å²) in [6.07, 6.45) is 2.34. The van der Waals surface area contributed by atoms with Gasteiger partial charge in [-0.2, -0.15) is 0 Å². The molecule has 5 nitrogen and oxygen atoms in total. The third kappa shape index (κ3) is 4.25. The summed E-state index contributed by atoms with van der Waals surface area (Å²) in [6.45, 7) is 2.09. The maximum Gasteiger partial charge on any atom is 0.272 e. The van der Waals surface area contributed by atoms with Crippen molar-refractivity contribution in [1.82, 2.24) is 5.32 Å². The highest BCUT2D eigenvalue weighted by atomic mass is 16.2. The van der Waals surface area contributed by atoms with Crippen LogP contribution >= 0.6 is 0 Å². The maximum atomic E-state index is 13.0. The third-order valence-electron chi connectivity index (χ3n) is 4.70. The van der Waals surface area contributed by atoms with Crippen LogP contribution in [0.5, 0.6) is 0 Å². The molecule has 140 valence electrons. The Labute approximate surface area is 160 Å². The van der Waals surface area contributed by atoms with Gasteiger partial charge in [-0.15, -0.1) is 0 Å². The van der Waals surface area contributed by atoms with E-state index in [1.165, 1.54) is 0 Å². The molecule has 1 heterocycles. The molecule has 1 N–H and O–H groups in total. The Morgan fingerprint density at radius 1 is 1.07 bits per heavy atom. The van der Waals surface area contributed by atoms with Crippen LogP contribution in [0.2, 0.25) is 0 Å². The summed E-state index contributed by atoms with van der Waals surface area (Å²) in [5.74, 6) is -0.380. The van der Waals surface area contributed by atoms with Crippen LogP contribution in [0, 0.1) is 0 Å². The van der Waals surface area contributed by atoms with Crippen LogP contribution in [0.3, 0.4) is 0 Å². The van der Waals surface area contributed by atoms with Gasteiger partial charge in [0.25, 0.3) is 5.91 Å². The molecule has 0 radical (unpaired) electrons. The largest absolute Gasteiger partial charge is 0.327 e. The first-order valence-electron chi connectivity index (χ1n) is 9.41. The topological polar surface area (TPSA) is 61.8 Å². The minimum atomic E-state index is -0.924. The van der Waals surface area contributed by atoms with Gasteiger partial charge in [0.05, 0.1) is 11.4 Å². The van der Waals surface area contributed by atoms with Crippen molar-refractivity contribution < 1.29 is 9.59 Å². The molecule has 0 saturated heterocycles. The number of hydrogen-bond acceptors (Lipinski definition) is 3. The van der Waals surface area contributed by atoms with E-state index in [-0.39, 0.29) is 11.8 Å². The number of para-hydroxylation sites is 1. The molecule has 2 aromatic rings. The lowest BCUT2D eigenvalue weighted by Crippen LogP contribution is -2.46. The lowest BCUT2D eigenvalue weighted by atomic mass is 10.0. The number of aliphatic imine (C=N–C) groups is 1. The number of amides is 2. The van der Waals surface area contributed by atoms with Crippen LogP contribution in [0.1, 0.15) is 43.7 Å². The number of likely N-dealkylation sites (N-methyl/N-ethyl adjacent to an activating group) is 1. The Hall–Kier alpha value is -2.95. The van der Waals surface area contributed by atoms with Crippen molar-refractivity contribution in [3.63, 3.8) is 0 Å². The molecule has 0 spiro atoms. The summed E-state index contributed by atoms with van der Waals surface area (Å²) in [7, 11) is 1.72. The maximum absolute atomic E-state index is 13.0. The Balaban J connectivity index is 1.97. The number of nitrogens with one attached hydrogen (secondary N) is 1. The number of anilines is 1. The van der Waals surface area contributed by atoms with Crippen molar-refractivity contribution in [2.75, 3.05) is 11.9 Å². The van der Waals surface area contributed by atoms with E-state index in [1.54, 1.807) is 11.9 Å². The fraction of sp³-hybridized carbons (Fsp3) is 0.318. The molecule has 1 atom stereocenters. The Bertz CT molecular complexity index is 846. The Morgan fingerprint density at radius 3 is 2.52 bits per heavy atom. The predicted molar refractivity (Wildman–Crippen MR) is 108 cm³/mol. The highest BCUT2D eigenvalue weighted by Gasteiger charge is 2.30. The number of unbranched alkanes of at least 4 members (excludes halogenated alkanes) is 2. The van der Waals surface area contributed by atoms with E-state index >= 15 is 0 Å². The second-order valence-corrected chi connectivity index (χ2v) is 6.69. The molecule has 0 aromatic heterocycles. The van der Waals surface area contributed by atoms with E-state index in [0.717, 1.165) is 36.1 Å². The van der Waals surface area contributed by atoms with Crippen LogP contribution < -0.4 is 10.2 Å². The normalized spacial score (nSPS) is 16.4. The summed E-state index contributed by atoms with van der Waals surface area (Å²) in [5.41, 5.74) is 3.29. The first-order valence-corrected chi connectivity index (χ1v) is 9.41. The van der Waals surface area contributed by atoms with E-state index < -0.39 is 6.17 Å². The van der Waals surface area contributed by atoms with Crippen LogP contribution in [-0.4, -0.2) is 30.7 Å². The number of fused-ring (bicyclic) bond motifs is 1. The van der Waals surface area contributed by atoms with Gasteiger partial charge in [0, 0.05) is 24.6 Å². The van der Waals surface area contributed by atoms with Crippen molar-refractivity contribution in [3.05, 3.63) is 65.7 Å². The van der Waals surface area contributed by atoms with Crippen molar-refractivity contribution >= 4 is 23.2 Å². The summed E-state index contributed by atoms with van der Waals surface area (Å²) in [5, 5.41) is 2.81. The summed E-state index contributed by atoms with van der Waals surface area (Å²) < 4.78 is 0. The Kier molecular flexibility index (Phi) is 6.01. The molecule has 0 bridgehead atoms. The van der Waals surface area contributed by atoms with E-state index in [4.69, 9.17) is 0 Å². The number of carbonyl (C=O) groups is 2. The van der Waals surface area contributed by atoms with Crippen molar-refractivity contribution in [2.45, 2.75) is 38.8 Å². The van der Waals surface area contributed by atoms with Gasteiger partial charge in [-0.1, -0.05) is 68.3 Å². The summed E-state index contributed by atoms with van der Waals surface area (Å²) >= 11 is 0. The number of hydrogen-bond donors (Lipinski definition) is 1. The molecule has 0 saturated carbocycles. The second kappa shape index (κ2) is 8.62. The minimum absolute atomic E-state index is 0.141. The molecule has 2 aromatic carbocycles. The molecule has 3 rings (SSSR count). The molecule has 0 fully saturated rings. The number of rotatable bonds is 6. The number of benzodiazepines with no additional fused rings is 1. The molecule has 1 aliphatic rings. The minimum Gasteiger partial charge on any atom is -0.327 e. The molecular weight excluding hydrogens is 338 g/mol. The Morgan fingerprint density at radius 2 is 1.78 bits per heavy atom. The molecule has 27 heavy (non-hydrogen) atoms. The third-order valence-corrected chi connectivity index (χ3v) is 4.70. The van der Waals surface area contributed by atoms with Gasteiger partial charge in [0.1, 0.15) is 0 Å². The first kappa shape index (κ1) is 18.8. The van der Waals surface area contributed by atoms with E-state index in [9.17, 15) is 9.59 Å². The standard InChI is InChI=1S/C22H25N3O2/c1-3-4-6-15-19(26)23-21-22(27)25(2)18-14-10-9-13-17(18)20(24-21)16-11-7-5-8-12-16/h5,7-14,21H,3-4,6,15H2,1-2H3,(H,23,26). The van der Waals surface area contributed by atoms with Crippen molar-refractivity contribution in [1.29, 1.82) is 0 Å². The zero-order valence-corrected chi connectivity index (χ0v) is 15.8. The van der Waals surface area contributed by atoms with Crippen LogP contribution in [-0.2, 0) is 9.59 Å². The van der Waals surface area contributed by atoms with E-state index in [0.29, 0.717) is 12.1 Å². The predicted octanol–water partition coefficient (Wildman–Crippen LogP) is 3.52. The van der Waals surface area contributed by atoms with Gasteiger partial charge in [-0.05, 0) is 12.5 Å². The van der Waals surface area contributed by atoms with E-state index in [1.807, 2.05) is 54.6 Å². The first-order chi connectivity index (χ1) is 13.1. The van der Waals surface area contributed by atoms with Gasteiger partial charge < -0.3 is 10.2 Å². The van der Waals surface area contributed by atoms with Gasteiger partial charge in [-0.3, -0.25) is 9.59 Å². The molecule has 0 aliphatic carbocycles. The quantitative estimate of drug-likeness (QED) is 0.798. The van der Waals surface area contributed by atoms with Crippen LogP contribution in [0.25, 0.3) is 0 Å². The average Bonchev–Trinajstić information content (AvgIpc) is 2.80. The molecule has 5 heteroatoms. The smallest absolute Gasteiger partial charge is 0.272 e. The summed E-state index contributed by atoms with van der Waals surface area (Å²) in [6, 6.07) is 17.4. The zero-order valence-electron chi connectivity index (χ0n) is 15.8. The number of carbonyl (C=O) groups excluding carboxylic acids is 2. The van der Waals surface area contributed by atoms with Crippen molar-refractivity contribution in [2.24, 2.45) is 4.99 Å². The average molecular weight is 363 g/mol. The second-order valence-electron chi connectivity index (χ2n) is 6.69. The molecule has 1 aliphatic heterocycles. The lowest BCUT2D eigenvalue weighted by Gasteiger charge is -2.20. The van der Waals surface area contributed by atoms with Crippen molar-refractivity contribution in [3.8, 4) is 0 Å². The monoisotopic (exact) mass is 363 g/mol. The highest BCUT2D eigenvalue weighted by molar-refractivity contribution is 6.20. The fourth-order valence-electron chi connectivity index (χ4n) is 3.20. The number of benzene rings is 2. The molecule has 1 unspecified atom stereocenters. The highest BCUT2D eigenvalue weighted by Crippen LogP contribution is 2.27. The van der Waals surface area contributed by atoms with Gasteiger partial charge in [0.15, 0.2) is 0 Å². The van der Waals surface area contributed by atoms with Crippen LogP contribution in [0.15, 0.2) is 59.6 Å². The molecule has 2 amide bonds. The van der Waals surface area contributed by atoms with Gasteiger partial charge in [-0.25, -0.2) is 4.99 Å². The number of nitrogens with zero attached hydrogens (tertiary/aromatic N) is 2. The lowest BCUT2D eigenvalue weighted by molar-refractivity contribution is -0.127. The van der Waals surface area contributed by atoms with Gasteiger partial charge >= 0.3 is 0 Å². The van der Waals surface area contributed by atoms with Crippen LogP contribution in [0.4, 0.5) is 5.69 Å². The van der Waals surface area contributed by atoms with E-state index in [2.05, 4.69) is 17.2 Å². The zero-order chi connectivity index (χ0) is 19.2. The van der Waals surface area contributed by atoms with Gasteiger partial charge in [0.2, 0.25) is 12.1 Å². The SMILES string of the molecule is CCCCCC(=O)NC1N=C(c2ccccc2)c2ccccc2N(C)C1=O. The molecular formula is C22H25N3O2. The summed E-state index contributed by atoms with van der Waals surface area (Å²) in [4.78, 5) is 31.5. The fourth-order valence-corrected chi connectivity index (χ4v) is 3.20.